The van der Waals surface area contributed by atoms with Crippen LogP contribution in [0.3, 0.4) is 0 Å². The molecule has 1 heterocycles. The van der Waals surface area contributed by atoms with Crippen molar-refractivity contribution in [3.8, 4) is 0 Å². The average Bonchev–Trinajstić information content (AvgIpc) is 2.71. The molecule has 0 aliphatic heterocycles. The number of halogens is 4. The summed E-state index contributed by atoms with van der Waals surface area (Å²) < 4.78 is 31.1. The van der Waals surface area contributed by atoms with Gasteiger partial charge in [0.05, 0.1) is 9.47 Å². The van der Waals surface area contributed by atoms with Gasteiger partial charge < -0.3 is 0 Å². The average molecular weight is 696 g/mol. The molecule has 0 spiro atoms. The molecule has 3 nitrogen and oxygen atoms in total. The van der Waals surface area contributed by atoms with Crippen LogP contribution in [0.2, 0.25) is 0 Å². The van der Waals surface area contributed by atoms with E-state index in [0.29, 0.717) is 9.90 Å². The van der Waals surface area contributed by atoms with Gasteiger partial charge in [0, 0.05) is 10.7 Å². The lowest BCUT2D eigenvalue weighted by Crippen LogP contribution is -2.13. The summed E-state index contributed by atoms with van der Waals surface area (Å²) in [5.41, 5.74) is 0.631. The molecule has 0 fully saturated rings. The van der Waals surface area contributed by atoms with Crippen molar-refractivity contribution in [1.29, 1.82) is 0 Å². The first-order chi connectivity index (χ1) is 8.79. The molecule has 2 aromatic rings. The molecule has 9 heteroatoms. The molecule has 102 valence electrons. The first-order valence-electron chi connectivity index (χ1n) is 4.72. The Morgan fingerprint density at radius 2 is 1.68 bits per heavy atom. The topological polar surface area (TPSA) is 46.2 Å². The fraction of sp³-hybridized carbons (Fsp3) is 0. The second kappa shape index (κ2) is 6.62. The molecule has 0 atom stereocenters. The van der Waals surface area contributed by atoms with Crippen LogP contribution in [0.1, 0.15) is 0 Å². The molecule has 0 bridgehead atoms. The van der Waals surface area contributed by atoms with Gasteiger partial charge >= 0.3 is 0 Å². The fourth-order valence-corrected chi connectivity index (χ4v) is 8.60. The highest BCUT2D eigenvalue weighted by Crippen LogP contribution is 2.32. The van der Waals surface area contributed by atoms with Crippen LogP contribution in [0.4, 0.5) is 5.69 Å². The summed E-state index contributed by atoms with van der Waals surface area (Å²) in [6, 6.07) is 7.18. The zero-order valence-electron chi connectivity index (χ0n) is 8.95. The molecule has 1 N–H and O–H groups in total. The van der Waals surface area contributed by atoms with Crippen LogP contribution in [0.25, 0.3) is 0 Å². The third kappa shape index (κ3) is 4.17. The highest BCUT2D eigenvalue weighted by Gasteiger charge is 2.19. The molecule has 0 amide bonds. The molecule has 0 saturated heterocycles. The normalized spacial score (nSPS) is 11.6. The number of thiophene rings is 1. The Morgan fingerprint density at radius 3 is 2.16 bits per heavy atom. The predicted octanol–water partition coefficient (Wildman–Crippen LogP) is 5.13. The summed E-state index contributed by atoms with van der Waals surface area (Å²) in [5.74, 6) is 0. The van der Waals surface area contributed by atoms with E-state index in [2.05, 4.69) is 88.4 Å². The van der Waals surface area contributed by atoms with Crippen molar-refractivity contribution < 1.29 is 8.42 Å². The summed E-state index contributed by atoms with van der Waals surface area (Å²) in [6.07, 6.45) is 0. The van der Waals surface area contributed by atoms with E-state index in [1.807, 2.05) is 12.1 Å². The zero-order chi connectivity index (χ0) is 14.2. The van der Waals surface area contributed by atoms with Crippen LogP contribution >= 0.6 is 95.0 Å². The van der Waals surface area contributed by atoms with Gasteiger partial charge in [-0.05, 0) is 108 Å². The minimum atomic E-state index is -3.52. The highest BCUT2D eigenvalue weighted by atomic mass is 127. The Labute approximate surface area is 164 Å². The van der Waals surface area contributed by atoms with E-state index < -0.39 is 10.0 Å². The van der Waals surface area contributed by atoms with Crippen LogP contribution in [-0.2, 0) is 10.0 Å². The Balaban J connectivity index is 2.41. The molecule has 0 radical (unpaired) electrons. The second-order valence-corrected chi connectivity index (χ2v) is 11.4. The monoisotopic (exact) mass is 695 g/mol. The predicted molar refractivity (Wildman–Crippen MR) is 107 cm³/mol. The first kappa shape index (κ1) is 16.7. The van der Waals surface area contributed by atoms with Crippen molar-refractivity contribution >= 4 is 111 Å². The molecule has 0 unspecified atom stereocenters. The Bertz CT molecular complexity index is 707. The van der Waals surface area contributed by atoms with E-state index in [0.717, 1.165) is 14.5 Å². The van der Waals surface area contributed by atoms with Crippen LogP contribution in [-0.4, -0.2) is 8.42 Å². The number of sulfonamides is 1. The first-order valence-corrected chi connectivity index (χ1v) is 11.1. The summed E-state index contributed by atoms with van der Waals surface area (Å²) in [5, 5.41) is 0. The van der Waals surface area contributed by atoms with E-state index in [1.54, 1.807) is 12.1 Å². The van der Waals surface area contributed by atoms with Crippen molar-refractivity contribution in [2.45, 2.75) is 4.21 Å². The smallest absolute Gasteiger partial charge is 0.271 e. The van der Waals surface area contributed by atoms with Gasteiger partial charge in [-0.25, -0.2) is 8.42 Å². The van der Waals surface area contributed by atoms with Crippen molar-refractivity contribution in [3.05, 3.63) is 38.8 Å². The third-order valence-electron chi connectivity index (χ3n) is 2.06. The van der Waals surface area contributed by atoms with E-state index in [1.165, 1.54) is 11.3 Å². The zero-order valence-corrected chi connectivity index (χ0v) is 18.6. The highest BCUT2D eigenvalue weighted by molar-refractivity contribution is 14.1. The van der Waals surface area contributed by atoms with Crippen LogP contribution in [0.15, 0.2) is 32.3 Å². The number of nitrogens with one attached hydrogen (secondary N) is 1. The van der Waals surface area contributed by atoms with Gasteiger partial charge in [0.1, 0.15) is 4.21 Å². The fourth-order valence-electron chi connectivity index (χ4n) is 1.27. The standard InChI is InChI=1S/C10H5BrI3NO2S2/c11-8-1-2-9(18-8)19(16,17)15-10-6(13)3-5(12)4-7(10)14/h1-4,15H. The van der Waals surface area contributed by atoms with Crippen LogP contribution in [0, 0.1) is 10.7 Å². The number of rotatable bonds is 3. The minimum absolute atomic E-state index is 0.296. The van der Waals surface area contributed by atoms with Gasteiger partial charge in [0.15, 0.2) is 0 Å². The lowest BCUT2D eigenvalue weighted by molar-refractivity contribution is 0.603. The molecular formula is C10H5BrI3NO2S2. The van der Waals surface area contributed by atoms with Crippen LogP contribution in [0.5, 0.6) is 0 Å². The quantitative estimate of drug-likeness (QED) is 0.454. The maximum atomic E-state index is 12.3. The number of benzene rings is 1. The Morgan fingerprint density at radius 1 is 1.11 bits per heavy atom. The summed E-state index contributed by atoms with van der Waals surface area (Å²) >= 11 is 10.9. The molecule has 2 rings (SSSR count). The van der Waals surface area contributed by atoms with Crippen LogP contribution < -0.4 is 4.72 Å². The number of anilines is 1. The van der Waals surface area contributed by atoms with Gasteiger partial charge in [0.25, 0.3) is 10.0 Å². The van der Waals surface area contributed by atoms with Crippen molar-refractivity contribution in [2.24, 2.45) is 0 Å². The molecular weight excluding hydrogens is 691 g/mol. The van der Waals surface area contributed by atoms with Gasteiger partial charge in [-0.15, -0.1) is 11.3 Å². The third-order valence-corrected chi connectivity index (χ3v) is 7.85. The number of hydrogen-bond donors (Lipinski definition) is 1. The lowest BCUT2D eigenvalue weighted by atomic mass is 10.3. The molecule has 0 saturated carbocycles. The maximum absolute atomic E-state index is 12.3. The van der Waals surface area contributed by atoms with Crippen molar-refractivity contribution in [2.75, 3.05) is 4.72 Å². The summed E-state index contributed by atoms with van der Waals surface area (Å²) in [7, 11) is -3.52. The molecule has 1 aromatic carbocycles. The SMILES string of the molecule is O=S(=O)(Nc1c(I)cc(I)cc1I)c1ccc(Br)s1. The van der Waals surface area contributed by atoms with E-state index in [4.69, 9.17) is 0 Å². The number of hydrogen-bond acceptors (Lipinski definition) is 3. The largest absolute Gasteiger partial charge is 0.277 e. The lowest BCUT2D eigenvalue weighted by Gasteiger charge is -2.11. The summed E-state index contributed by atoms with van der Waals surface area (Å²) in [6.45, 7) is 0. The molecule has 0 aliphatic rings. The maximum Gasteiger partial charge on any atom is 0.271 e. The summed E-state index contributed by atoms with van der Waals surface area (Å²) in [4.78, 5) is 0. The Hall–Kier alpha value is 1.34. The second-order valence-electron chi connectivity index (χ2n) is 3.41. The minimum Gasteiger partial charge on any atom is -0.277 e. The van der Waals surface area contributed by atoms with Gasteiger partial charge in [-0.1, -0.05) is 0 Å². The van der Waals surface area contributed by atoms with E-state index in [-0.39, 0.29) is 0 Å². The van der Waals surface area contributed by atoms with Crippen molar-refractivity contribution in [3.63, 3.8) is 0 Å². The molecule has 0 aliphatic carbocycles. The van der Waals surface area contributed by atoms with Gasteiger partial charge in [-0.3, -0.25) is 4.72 Å². The van der Waals surface area contributed by atoms with Gasteiger partial charge in [0.2, 0.25) is 0 Å². The van der Waals surface area contributed by atoms with E-state index in [9.17, 15) is 8.42 Å². The Kier molecular flexibility index (Phi) is 5.82. The molecule has 19 heavy (non-hydrogen) atoms. The van der Waals surface area contributed by atoms with E-state index >= 15 is 0 Å². The van der Waals surface area contributed by atoms with Crippen molar-refractivity contribution in [1.82, 2.24) is 0 Å². The van der Waals surface area contributed by atoms with Gasteiger partial charge in [-0.2, -0.15) is 0 Å². The molecule has 1 aromatic heterocycles.